The second-order valence-electron chi connectivity index (χ2n) is 4.23. The van der Waals surface area contributed by atoms with Gasteiger partial charge in [-0.05, 0) is 48.9 Å². The van der Waals surface area contributed by atoms with Crippen molar-refractivity contribution in [3.05, 3.63) is 34.9 Å². The third kappa shape index (κ3) is 2.34. The molecule has 88 valence electrons. The van der Waals surface area contributed by atoms with Gasteiger partial charge >= 0.3 is 6.18 Å². The Balaban J connectivity index is 2.43. The molecule has 1 unspecified atom stereocenters. The lowest BCUT2D eigenvalue weighted by molar-refractivity contribution is -0.137. The van der Waals surface area contributed by atoms with E-state index >= 15 is 0 Å². The first-order chi connectivity index (χ1) is 7.39. The summed E-state index contributed by atoms with van der Waals surface area (Å²) >= 11 is 5.93. The first-order valence-corrected chi connectivity index (χ1v) is 5.68. The van der Waals surface area contributed by atoms with Crippen LogP contribution in [0, 0.1) is 0 Å². The Labute approximate surface area is 97.4 Å². The first kappa shape index (κ1) is 11.8. The van der Waals surface area contributed by atoms with Crippen LogP contribution in [0.2, 0.25) is 0 Å². The van der Waals surface area contributed by atoms with Crippen molar-refractivity contribution in [3.63, 3.8) is 0 Å². The number of benzene rings is 1. The highest BCUT2D eigenvalue weighted by atomic mass is 35.5. The zero-order chi connectivity index (χ0) is 11.9. The van der Waals surface area contributed by atoms with Gasteiger partial charge in [-0.15, -0.1) is 11.6 Å². The average molecular weight is 249 g/mol. The molecule has 0 saturated heterocycles. The summed E-state index contributed by atoms with van der Waals surface area (Å²) in [5, 5.41) is -0.377. The standard InChI is InChI=1S/C12H12ClF3/c1-7(13)11-6-9(12(14,15)16)4-5-10(11)8-2-3-8/h4-8H,2-3H2,1H3. The van der Waals surface area contributed by atoms with E-state index in [2.05, 4.69) is 0 Å². The molecule has 0 spiro atoms. The van der Waals surface area contributed by atoms with E-state index < -0.39 is 11.7 Å². The zero-order valence-corrected chi connectivity index (χ0v) is 9.57. The van der Waals surface area contributed by atoms with Gasteiger partial charge in [0.25, 0.3) is 0 Å². The predicted octanol–water partition coefficient (Wildman–Crippen LogP) is 4.88. The van der Waals surface area contributed by atoms with Crippen LogP contribution in [-0.4, -0.2) is 0 Å². The van der Waals surface area contributed by atoms with Gasteiger partial charge in [-0.1, -0.05) is 6.07 Å². The van der Waals surface area contributed by atoms with Crippen LogP contribution in [0.5, 0.6) is 0 Å². The van der Waals surface area contributed by atoms with Crippen molar-refractivity contribution in [2.45, 2.75) is 37.2 Å². The zero-order valence-electron chi connectivity index (χ0n) is 8.81. The molecule has 1 aromatic carbocycles. The Morgan fingerprint density at radius 2 is 1.94 bits per heavy atom. The van der Waals surface area contributed by atoms with Crippen LogP contribution in [0.15, 0.2) is 18.2 Å². The molecular weight excluding hydrogens is 237 g/mol. The molecule has 0 bridgehead atoms. The lowest BCUT2D eigenvalue weighted by Gasteiger charge is -2.14. The van der Waals surface area contributed by atoms with Gasteiger partial charge in [-0.25, -0.2) is 0 Å². The molecule has 1 aliphatic rings. The van der Waals surface area contributed by atoms with Crippen molar-refractivity contribution in [1.82, 2.24) is 0 Å². The van der Waals surface area contributed by atoms with Gasteiger partial charge in [0.15, 0.2) is 0 Å². The summed E-state index contributed by atoms with van der Waals surface area (Å²) in [5.74, 6) is 0.415. The lowest BCUT2D eigenvalue weighted by Crippen LogP contribution is -2.07. The van der Waals surface area contributed by atoms with E-state index in [1.807, 2.05) is 0 Å². The van der Waals surface area contributed by atoms with Crippen LogP contribution in [0.3, 0.4) is 0 Å². The van der Waals surface area contributed by atoms with Gasteiger partial charge in [0.2, 0.25) is 0 Å². The van der Waals surface area contributed by atoms with Crippen LogP contribution in [0.1, 0.15) is 47.8 Å². The summed E-state index contributed by atoms with van der Waals surface area (Å²) in [5.41, 5.74) is 0.994. The Kier molecular flexibility index (Phi) is 2.91. The molecule has 16 heavy (non-hydrogen) atoms. The van der Waals surface area contributed by atoms with E-state index in [1.54, 1.807) is 13.0 Å². The third-order valence-corrected chi connectivity index (χ3v) is 3.09. The molecule has 1 saturated carbocycles. The van der Waals surface area contributed by atoms with Gasteiger partial charge in [0.05, 0.1) is 10.9 Å². The SMILES string of the molecule is CC(Cl)c1cc(C(F)(F)F)ccc1C1CC1. The molecule has 0 N–H and O–H groups in total. The van der Waals surface area contributed by atoms with Crippen molar-refractivity contribution in [2.75, 3.05) is 0 Å². The van der Waals surface area contributed by atoms with Gasteiger partial charge in [0.1, 0.15) is 0 Å². The Morgan fingerprint density at radius 1 is 1.31 bits per heavy atom. The smallest absolute Gasteiger partial charge is 0.166 e. The van der Waals surface area contributed by atoms with Crippen molar-refractivity contribution < 1.29 is 13.2 Å². The number of alkyl halides is 4. The summed E-state index contributed by atoms with van der Waals surface area (Å²) in [6, 6.07) is 3.91. The molecule has 0 aliphatic heterocycles. The summed E-state index contributed by atoms with van der Waals surface area (Å²) in [6.07, 6.45) is -2.17. The first-order valence-electron chi connectivity index (χ1n) is 5.24. The Hall–Kier alpha value is -0.700. The minimum Gasteiger partial charge on any atom is -0.166 e. The second-order valence-corrected chi connectivity index (χ2v) is 4.89. The third-order valence-electron chi connectivity index (χ3n) is 2.86. The molecule has 0 amide bonds. The molecule has 0 aromatic heterocycles. The normalized spacial score (nSPS) is 18.6. The van der Waals surface area contributed by atoms with Crippen LogP contribution in [0.4, 0.5) is 13.2 Å². The number of halogens is 4. The molecule has 0 heterocycles. The van der Waals surface area contributed by atoms with Crippen molar-refractivity contribution in [1.29, 1.82) is 0 Å². The molecule has 1 aromatic rings. The predicted molar refractivity (Wildman–Crippen MR) is 57.7 cm³/mol. The minimum absolute atomic E-state index is 0.377. The van der Waals surface area contributed by atoms with Crippen LogP contribution in [-0.2, 0) is 6.18 Å². The van der Waals surface area contributed by atoms with Crippen molar-refractivity contribution in [2.24, 2.45) is 0 Å². The molecule has 2 rings (SSSR count). The molecular formula is C12H12ClF3. The fraction of sp³-hybridized carbons (Fsp3) is 0.500. The fourth-order valence-corrected chi connectivity index (χ4v) is 2.05. The molecule has 1 aliphatic carbocycles. The van der Waals surface area contributed by atoms with Crippen molar-refractivity contribution >= 4 is 11.6 Å². The molecule has 4 heteroatoms. The molecule has 1 atom stereocenters. The summed E-state index contributed by atoms with van der Waals surface area (Å²) in [7, 11) is 0. The quantitative estimate of drug-likeness (QED) is 0.654. The van der Waals surface area contributed by atoms with E-state index in [0.29, 0.717) is 11.5 Å². The van der Waals surface area contributed by atoms with E-state index in [4.69, 9.17) is 11.6 Å². The van der Waals surface area contributed by atoms with Gasteiger partial charge in [-0.3, -0.25) is 0 Å². The summed E-state index contributed by atoms with van der Waals surface area (Å²) in [6.45, 7) is 1.71. The Bertz CT molecular complexity index is 392. The highest BCUT2D eigenvalue weighted by Crippen LogP contribution is 2.45. The van der Waals surface area contributed by atoms with Gasteiger partial charge in [0, 0.05) is 0 Å². The second kappa shape index (κ2) is 3.95. The lowest BCUT2D eigenvalue weighted by atomic mass is 9.98. The minimum atomic E-state index is -4.29. The number of rotatable bonds is 2. The largest absolute Gasteiger partial charge is 0.416 e. The van der Waals surface area contributed by atoms with Gasteiger partial charge in [-0.2, -0.15) is 13.2 Å². The summed E-state index contributed by atoms with van der Waals surface area (Å²) < 4.78 is 37.6. The monoisotopic (exact) mass is 248 g/mol. The maximum Gasteiger partial charge on any atom is 0.416 e. The van der Waals surface area contributed by atoms with Crippen LogP contribution in [0.25, 0.3) is 0 Å². The summed E-state index contributed by atoms with van der Waals surface area (Å²) in [4.78, 5) is 0. The molecule has 0 radical (unpaired) electrons. The molecule has 0 nitrogen and oxygen atoms in total. The highest BCUT2D eigenvalue weighted by Gasteiger charge is 2.33. The van der Waals surface area contributed by atoms with E-state index in [0.717, 1.165) is 24.5 Å². The number of hydrogen-bond donors (Lipinski definition) is 0. The average Bonchev–Trinajstić information content (AvgIpc) is 2.98. The van der Waals surface area contributed by atoms with Crippen molar-refractivity contribution in [3.8, 4) is 0 Å². The topological polar surface area (TPSA) is 0 Å². The van der Waals surface area contributed by atoms with E-state index in [9.17, 15) is 13.2 Å². The maximum absolute atomic E-state index is 12.5. The Morgan fingerprint density at radius 3 is 2.38 bits per heavy atom. The fourth-order valence-electron chi connectivity index (χ4n) is 1.86. The molecule has 1 fully saturated rings. The van der Waals surface area contributed by atoms with Crippen LogP contribution < -0.4 is 0 Å². The van der Waals surface area contributed by atoms with Gasteiger partial charge < -0.3 is 0 Å². The van der Waals surface area contributed by atoms with Crippen LogP contribution >= 0.6 is 11.6 Å². The van der Waals surface area contributed by atoms with E-state index in [1.165, 1.54) is 6.07 Å². The number of hydrogen-bond acceptors (Lipinski definition) is 0. The maximum atomic E-state index is 12.5. The van der Waals surface area contributed by atoms with E-state index in [-0.39, 0.29) is 5.38 Å². The highest BCUT2D eigenvalue weighted by molar-refractivity contribution is 6.20.